The molecule has 2 N–H and O–H groups in total. The maximum absolute atomic E-state index is 13.1. The van der Waals surface area contributed by atoms with E-state index in [4.69, 9.17) is 19.9 Å². The molecule has 9 heteroatoms. The van der Waals surface area contributed by atoms with Crippen molar-refractivity contribution < 1.29 is 33.4 Å². The summed E-state index contributed by atoms with van der Waals surface area (Å²) in [7, 11) is 1.65. The van der Waals surface area contributed by atoms with E-state index in [1.807, 2.05) is 32.1 Å². The van der Waals surface area contributed by atoms with Gasteiger partial charge in [0.2, 0.25) is 0 Å². The number of benzene rings is 2. The van der Waals surface area contributed by atoms with Crippen LogP contribution in [0.5, 0.6) is 17.2 Å². The molecule has 2 aromatic rings. The van der Waals surface area contributed by atoms with E-state index < -0.39 is 0 Å². The fraction of sp³-hybridized carbons (Fsp3) is 0.471. The Labute approximate surface area is 257 Å². The average molecular weight is 608 g/mol. The van der Waals surface area contributed by atoms with Crippen LogP contribution in [0.25, 0.3) is 6.08 Å². The van der Waals surface area contributed by atoms with Gasteiger partial charge in [-0.05, 0) is 94.5 Å². The number of hydrogen-bond acceptors (Lipinski definition) is 9. The molecule has 2 aromatic carbocycles. The van der Waals surface area contributed by atoms with Crippen molar-refractivity contribution >= 4 is 48.0 Å². The zero-order valence-electron chi connectivity index (χ0n) is 25.1. The molecule has 0 unspecified atom stereocenters. The highest BCUT2D eigenvalue weighted by molar-refractivity contribution is 7.99. The van der Waals surface area contributed by atoms with Crippen LogP contribution in [0.3, 0.4) is 0 Å². The van der Waals surface area contributed by atoms with Crippen LogP contribution in [-0.4, -0.2) is 37.4 Å². The second-order valence-electron chi connectivity index (χ2n) is 11.6. The fourth-order valence-corrected chi connectivity index (χ4v) is 6.73. The minimum atomic E-state index is -0.370. The van der Waals surface area contributed by atoms with Crippen molar-refractivity contribution in [2.24, 2.45) is 23.7 Å². The molecule has 4 rings (SSSR count). The number of ether oxygens (including phenoxy) is 3. The monoisotopic (exact) mass is 607 g/mol. The Morgan fingerprint density at radius 2 is 1.37 bits per heavy atom. The molecule has 2 saturated carbocycles. The molecule has 2 fully saturated rings. The summed E-state index contributed by atoms with van der Waals surface area (Å²) in [5, 5.41) is 0. The van der Waals surface area contributed by atoms with Gasteiger partial charge in [-0.3, -0.25) is 9.59 Å². The van der Waals surface area contributed by atoms with Crippen molar-refractivity contribution in [2.75, 3.05) is 18.6 Å². The van der Waals surface area contributed by atoms with Crippen LogP contribution < -0.4 is 19.9 Å². The quantitative estimate of drug-likeness (QED) is 0.1000. The molecule has 43 heavy (non-hydrogen) atoms. The molecule has 0 radical (unpaired) electrons. The van der Waals surface area contributed by atoms with Crippen LogP contribution in [0.15, 0.2) is 35.2 Å². The van der Waals surface area contributed by atoms with Gasteiger partial charge in [0.1, 0.15) is 24.1 Å². The molecule has 0 aromatic heterocycles. The Morgan fingerprint density at radius 3 is 1.91 bits per heavy atom. The predicted molar refractivity (Wildman–Crippen MR) is 167 cm³/mol. The summed E-state index contributed by atoms with van der Waals surface area (Å²) in [5.41, 5.74) is 9.97. The second kappa shape index (κ2) is 15.2. The summed E-state index contributed by atoms with van der Waals surface area (Å²) in [6, 6.07) is 7.27. The van der Waals surface area contributed by atoms with Gasteiger partial charge in [-0.1, -0.05) is 18.2 Å². The van der Waals surface area contributed by atoms with Crippen LogP contribution in [0.4, 0.5) is 5.69 Å². The van der Waals surface area contributed by atoms with E-state index in [0.29, 0.717) is 67.8 Å². The van der Waals surface area contributed by atoms with Crippen molar-refractivity contribution in [1.82, 2.24) is 0 Å². The number of nitrogen functional groups attached to an aromatic ring is 1. The normalized spacial score (nSPS) is 22.1. The van der Waals surface area contributed by atoms with Crippen LogP contribution in [-0.2, 0) is 19.2 Å². The highest BCUT2D eigenvalue weighted by atomic mass is 32.2. The fourth-order valence-electron chi connectivity index (χ4n) is 5.86. The molecule has 2 aliphatic carbocycles. The number of hydrogen-bond donors (Lipinski definition) is 1. The van der Waals surface area contributed by atoms with Gasteiger partial charge in [-0.2, -0.15) is 0 Å². The lowest BCUT2D eigenvalue weighted by molar-refractivity contribution is -0.141. The first-order valence-corrected chi connectivity index (χ1v) is 15.9. The third-order valence-corrected chi connectivity index (χ3v) is 9.53. The van der Waals surface area contributed by atoms with Crippen molar-refractivity contribution in [3.63, 3.8) is 0 Å². The molecule has 0 atom stereocenters. The lowest BCUT2D eigenvalue weighted by Crippen LogP contribution is -2.27. The topological polar surface area (TPSA) is 122 Å². The van der Waals surface area contributed by atoms with E-state index in [-0.39, 0.29) is 47.0 Å². The smallest absolute Gasteiger partial charge is 0.314 e. The van der Waals surface area contributed by atoms with E-state index in [2.05, 4.69) is 6.07 Å². The molecule has 0 amide bonds. The number of thioether (sulfide) groups is 1. The van der Waals surface area contributed by atoms with Gasteiger partial charge in [0, 0.05) is 23.2 Å². The number of nitrogens with two attached hydrogens (primary N) is 1. The van der Waals surface area contributed by atoms with Gasteiger partial charge in [0.25, 0.3) is 0 Å². The zero-order valence-corrected chi connectivity index (χ0v) is 26.0. The molecule has 230 valence electrons. The van der Waals surface area contributed by atoms with Crippen molar-refractivity contribution in [3.05, 3.63) is 47.0 Å². The lowest BCUT2D eigenvalue weighted by Gasteiger charge is -2.25. The Bertz CT molecular complexity index is 1350. The minimum absolute atomic E-state index is 0.00343. The summed E-state index contributed by atoms with van der Waals surface area (Å²) in [6.07, 6.45) is 11.0. The Hall–Kier alpha value is -3.59. The zero-order chi connectivity index (χ0) is 30.9. The molecular formula is C34H41NO7S. The van der Waals surface area contributed by atoms with Gasteiger partial charge in [0.15, 0.2) is 5.75 Å². The first-order valence-electron chi connectivity index (χ1n) is 14.9. The summed E-state index contributed by atoms with van der Waals surface area (Å²) in [4.78, 5) is 48.8. The maximum Gasteiger partial charge on any atom is 0.314 e. The van der Waals surface area contributed by atoms with Gasteiger partial charge in [0.05, 0.1) is 29.5 Å². The van der Waals surface area contributed by atoms with Crippen molar-refractivity contribution in [3.8, 4) is 17.2 Å². The first-order chi connectivity index (χ1) is 20.7. The van der Waals surface area contributed by atoms with Gasteiger partial charge in [-0.15, -0.1) is 11.8 Å². The van der Waals surface area contributed by atoms with Crippen molar-refractivity contribution in [1.29, 1.82) is 0 Å². The third kappa shape index (κ3) is 8.28. The molecule has 0 bridgehead atoms. The van der Waals surface area contributed by atoms with E-state index in [1.54, 1.807) is 19.2 Å². The van der Waals surface area contributed by atoms with E-state index in [1.165, 1.54) is 11.8 Å². The van der Waals surface area contributed by atoms with Crippen LogP contribution in [0.1, 0.15) is 68.1 Å². The number of esters is 2. The summed E-state index contributed by atoms with van der Waals surface area (Å²) in [5.74, 6) is 0.518. The third-order valence-electron chi connectivity index (χ3n) is 8.46. The highest BCUT2D eigenvalue weighted by Crippen LogP contribution is 2.42. The van der Waals surface area contributed by atoms with Crippen molar-refractivity contribution in [2.45, 2.75) is 70.1 Å². The van der Waals surface area contributed by atoms with Crippen LogP contribution >= 0.6 is 11.8 Å². The molecule has 0 spiro atoms. The van der Waals surface area contributed by atoms with Crippen LogP contribution in [0, 0.1) is 37.5 Å². The van der Waals surface area contributed by atoms with Crippen LogP contribution in [0.2, 0.25) is 0 Å². The summed E-state index contributed by atoms with van der Waals surface area (Å²) >= 11 is 1.38. The lowest BCUT2D eigenvalue weighted by atomic mass is 9.83. The number of carbonyl (C=O) groups excluding carboxylic acids is 4. The molecule has 0 saturated heterocycles. The Morgan fingerprint density at radius 1 is 0.837 bits per heavy atom. The second-order valence-corrected chi connectivity index (χ2v) is 12.6. The number of aldehydes is 2. The summed E-state index contributed by atoms with van der Waals surface area (Å²) in [6.45, 7) is 4.05. The molecule has 0 heterocycles. The Kier molecular flexibility index (Phi) is 11.4. The average Bonchev–Trinajstić information content (AvgIpc) is 3.02. The largest absolute Gasteiger partial charge is 0.496 e. The van der Waals surface area contributed by atoms with E-state index in [0.717, 1.165) is 35.0 Å². The number of carbonyl (C=O) groups is 4. The molecule has 8 nitrogen and oxygen atoms in total. The predicted octanol–water partition coefficient (Wildman–Crippen LogP) is 6.52. The standard InChI is InChI=1S/C34H41NO7S/c1-21-17-22(2)27(30(18-21)40-3)5-4-16-43-32-29(42-34(39)26-12-8-24(20-37)9-13-26)15-14-28(31(32)35)41-33(38)25-10-6-23(19-36)7-11-25/h4-5,14-15,17-20,23-26H,6-13,16,35H2,1-3H3/b5-4+. The minimum Gasteiger partial charge on any atom is -0.496 e. The maximum atomic E-state index is 13.1. The first kappa shape index (κ1) is 32.3. The number of aryl methyl sites for hydroxylation is 2. The highest BCUT2D eigenvalue weighted by Gasteiger charge is 2.30. The van der Waals surface area contributed by atoms with Gasteiger partial charge < -0.3 is 29.5 Å². The van der Waals surface area contributed by atoms with E-state index >= 15 is 0 Å². The van der Waals surface area contributed by atoms with Gasteiger partial charge >= 0.3 is 11.9 Å². The van der Waals surface area contributed by atoms with Gasteiger partial charge in [-0.25, -0.2) is 0 Å². The SMILES string of the molecule is COc1cc(C)cc(C)c1/C=C/CSc1c(OC(=O)C2CCC(C=O)CC2)ccc(OC(=O)C2CCC(C=O)CC2)c1N. The molecular weight excluding hydrogens is 566 g/mol. The number of methoxy groups -OCH3 is 1. The van der Waals surface area contributed by atoms with E-state index in [9.17, 15) is 19.2 Å². The summed E-state index contributed by atoms with van der Waals surface area (Å²) < 4.78 is 17.2. The molecule has 0 aliphatic heterocycles. The molecule has 2 aliphatic rings. The Balaban J connectivity index is 1.52. The number of anilines is 1. The number of rotatable bonds is 11.